The number of amides is 2. The van der Waals surface area contributed by atoms with Crippen LogP contribution < -0.4 is 5.32 Å². The molecule has 1 fully saturated rings. The van der Waals surface area contributed by atoms with E-state index < -0.39 is 0 Å². The lowest BCUT2D eigenvalue weighted by molar-refractivity contribution is 0.222. The molecule has 0 spiro atoms. The van der Waals surface area contributed by atoms with Crippen molar-refractivity contribution in [2.75, 3.05) is 18.4 Å². The number of carbonyl (C=O) groups excluding carboxylic acids is 1. The Balaban J connectivity index is 1.36. The number of nitrogens with zero attached hydrogens (tertiary/aromatic N) is 3. The van der Waals surface area contributed by atoms with Gasteiger partial charge in [0.2, 0.25) is 0 Å². The Hall–Kier alpha value is -3.18. The van der Waals surface area contributed by atoms with Gasteiger partial charge in [-0.3, -0.25) is 0 Å². The molecule has 0 saturated carbocycles. The third-order valence-corrected chi connectivity index (χ3v) is 6.49. The fraction of sp³-hybridized carbons (Fsp3) is 0.269. The molecular weight excluding hydrogens is 420 g/mol. The Kier molecular flexibility index (Phi) is 5.66. The largest absolute Gasteiger partial charge is 0.325 e. The summed E-state index contributed by atoms with van der Waals surface area (Å²) in [6.45, 7) is 3.77. The number of hydrogen-bond acceptors (Lipinski definition) is 3. The van der Waals surface area contributed by atoms with Crippen LogP contribution in [0.3, 0.4) is 0 Å². The molecule has 6 heteroatoms. The first-order valence-corrected chi connectivity index (χ1v) is 11.5. The van der Waals surface area contributed by atoms with E-state index in [-0.39, 0.29) is 6.03 Å². The van der Waals surface area contributed by atoms with Crippen LogP contribution in [0.15, 0.2) is 59.7 Å². The first-order valence-electron chi connectivity index (χ1n) is 11.1. The summed E-state index contributed by atoms with van der Waals surface area (Å²) in [5, 5.41) is 3.61. The number of aliphatic imine (C=N–C) groups is 1. The van der Waals surface area contributed by atoms with Gasteiger partial charge in [-0.1, -0.05) is 42.8 Å². The number of fused-ring (bicyclic) bond motifs is 1. The SMILES string of the molecule is CCc1ccc(-c2cnc3c(c2)CC(c2cc(NC(=O)N4CCCC4)ccc2Cl)=N3)cc1. The number of benzene rings is 2. The van der Waals surface area contributed by atoms with Crippen molar-refractivity contribution in [3.05, 3.63) is 76.4 Å². The number of anilines is 1. The molecule has 2 amide bonds. The fourth-order valence-electron chi connectivity index (χ4n) is 4.27. The summed E-state index contributed by atoms with van der Waals surface area (Å²) >= 11 is 6.51. The monoisotopic (exact) mass is 444 g/mol. The summed E-state index contributed by atoms with van der Waals surface area (Å²) in [7, 11) is 0. The molecule has 0 atom stereocenters. The summed E-state index contributed by atoms with van der Waals surface area (Å²) in [6, 6.07) is 16.3. The van der Waals surface area contributed by atoms with Crippen LogP contribution in [-0.2, 0) is 12.8 Å². The second-order valence-electron chi connectivity index (χ2n) is 8.31. The fourth-order valence-corrected chi connectivity index (χ4v) is 4.50. The molecule has 3 aromatic rings. The molecule has 2 aliphatic rings. The number of likely N-dealkylation sites (tertiary alicyclic amines) is 1. The Morgan fingerprint density at radius 3 is 2.59 bits per heavy atom. The highest BCUT2D eigenvalue weighted by Crippen LogP contribution is 2.33. The Morgan fingerprint density at radius 1 is 1.06 bits per heavy atom. The number of nitrogens with one attached hydrogen (secondary N) is 1. The average Bonchev–Trinajstić information content (AvgIpc) is 3.50. The molecule has 0 aliphatic carbocycles. The standard InChI is InChI=1S/C26H25ClN4O/c1-2-17-5-7-18(8-6-17)20-13-19-14-24(30-25(19)28-16-20)22-15-21(9-10-23(22)27)29-26(32)31-11-3-4-12-31/h5-10,13,15-16H,2-4,11-12,14H2,1H3,(H,29,32). The van der Waals surface area contributed by atoms with Gasteiger partial charge in [-0.05, 0) is 54.7 Å². The second-order valence-corrected chi connectivity index (χ2v) is 8.72. The van der Waals surface area contributed by atoms with Crippen LogP contribution in [0.25, 0.3) is 11.1 Å². The van der Waals surface area contributed by atoms with Crippen LogP contribution >= 0.6 is 11.6 Å². The van der Waals surface area contributed by atoms with Crippen molar-refractivity contribution in [1.82, 2.24) is 9.88 Å². The Morgan fingerprint density at radius 2 is 1.84 bits per heavy atom. The molecule has 1 N–H and O–H groups in total. The first-order chi connectivity index (χ1) is 15.6. The lowest BCUT2D eigenvalue weighted by Crippen LogP contribution is -2.32. The molecule has 5 nitrogen and oxygen atoms in total. The highest BCUT2D eigenvalue weighted by atomic mass is 35.5. The topological polar surface area (TPSA) is 57.6 Å². The van der Waals surface area contributed by atoms with E-state index in [0.29, 0.717) is 11.4 Å². The molecule has 162 valence electrons. The van der Waals surface area contributed by atoms with Gasteiger partial charge in [-0.15, -0.1) is 0 Å². The van der Waals surface area contributed by atoms with E-state index in [1.807, 2.05) is 29.3 Å². The van der Waals surface area contributed by atoms with Crippen LogP contribution in [0.4, 0.5) is 16.3 Å². The maximum Gasteiger partial charge on any atom is 0.321 e. The summed E-state index contributed by atoms with van der Waals surface area (Å²) in [4.78, 5) is 23.6. The summed E-state index contributed by atoms with van der Waals surface area (Å²) in [5.74, 6) is 0.733. The molecule has 5 rings (SSSR count). The number of carbonyl (C=O) groups is 1. The predicted octanol–water partition coefficient (Wildman–Crippen LogP) is 6.27. The van der Waals surface area contributed by atoms with E-state index in [9.17, 15) is 4.79 Å². The Bertz CT molecular complexity index is 1200. The molecule has 2 aliphatic heterocycles. The van der Waals surface area contributed by atoms with E-state index in [1.54, 1.807) is 0 Å². The summed E-state index contributed by atoms with van der Waals surface area (Å²) in [5.41, 5.74) is 7.06. The van der Waals surface area contributed by atoms with Gasteiger partial charge in [0.1, 0.15) is 0 Å². The van der Waals surface area contributed by atoms with Gasteiger partial charge >= 0.3 is 6.03 Å². The van der Waals surface area contributed by atoms with E-state index in [0.717, 1.165) is 71.8 Å². The molecule has 32 heavy (non-hydrogen) atoms. The number of hydrogen-bond donors (Lipinski definition) is 1. The zero-order chi connectivity index (χ0) is 22.1. The minimum atomic E-state index is -0.0622. The van der Waals surface area contributed by atoms with Gasteiger partial charge in [0.15, 0.2) is 5.82 Å². The van der Waals surface area contributed by atoms with Crippen molar-refractivity contribution in [3.63, 3.8) is 0 Å². The van der Waals surface area contributed by atoms with Gasteiger partial charge in [-0.25, -0.2) is 14.8 Å². The van der Waals surface area contributed by atoms with Crippen LogP contribution in [0, 0.1) is 0 Å². The third kappa shape index (κ3) is 4.13. The number of pyridine rings is 1. The normalized spacial score (nSPS) is 14.9. The quantitative estimate of drug-likeness (QED) is 0.515. The highest BCUT2D eigenvalue weighted by Gasteiger charge is 2.22. The smallest absolute Gasteiger partial charge is 0.321 e. The van der Waals surface area contributed by atoms with Gasteiger partial charge in [0.25, 0.3) is 0 Å². The number of urea groups is 1. The average molecular weight is 445 g/mol. The molecule has 3 heterocycles. The highest BCUT2D eigenvalue weighted by molar-refractivity contribution is 6.34. The van der Waals surface area contributed by atoms with E-state index in [1.165, 1.54) is 5.56 Å². The summed E-state index contributed by atoms with van der Waals surface area (Å²) in [6.07, 6.45) is 5.68. The second kappa shape index (κ2) is 8.75. The maximum atomic E-state index is 12.5. The first kappa shape index (κ1) is 20.7. The van der Waals surface area contributed by atoms with Crippen molar-refractivity contribution in [1.29, 1.82) is 0 Å². The van der Waals surface area contributed by atoms with Gasteiger partial charge in [0, 0.05) is 53.1 Å². The molecule has 1 aromatic heterocycles. The lowest BCUT2D eigenvalue weighted by Gasteiger charge is -2.17. The predicted molar refractivity (Wildman–Crippen MR) is 130 cm³/mol. The molecule has 0 radical (unpaired) electrons. The van der Waals surface area contributed by atoms with Crippen molar-refractivity contribution < 1.29 is 4.79 Å². The zero-order valence-electron chi connectivity index (χ0n) is 18.1. The third-order valence-electron chi connectivity index (χ3n) is 6.16. The van der Waals surface area contributed by atoms with E-state index in [2.05, 4.69) is 47.6 Å². The van der Waals surface area contributed by atoms with Crippen molar-refractivity contribution in [2.24, 2.45) is 4.99 Å². The van der Waals surface area contributed by atoms with E-state index in [4.69, 9.17) is 16.6 Å². The maximum absolute atomic E-state index is 12.5. The molecule has 0 unspecified atom stereocenters. The van der Waals surface area contributed by atoms with Gasteiger partial charge in [-0.2, -0.15) is 0 Å². The molecule has 0 bridgehead atoms. The Labute approximate surface area is 193 Å². The van der Waals surface area contributed by atoms with Crippen molar-refractivity contribution in [3.8, 4) is 11.1 Å². The number of halogens is 1. The van der Waals surface area contributed by atoms with Gasteiger partial charge < -0.3 is 10.2 Å². The minimum absolute atomic E-state index is 0.0622. The van der Waals surface area contributed by atoms with Crippen LogP contribution in [0.1, 0.15) is 36.5 Å². The zero-order valence-corrected chi connectivity index (χ0v) is 18.8. The number of aromatic nitrogens is 1. The number of rotatable bonds is 4. The van der Waals surface area contributed by atoms with Gasteiger partial charge in [0.05, 0.1) is 5.71 Å². The number of aryl methyl sites for hydroxylation is 1. The van der Waals surface area contributed by atoms with Crippen molar-refractivity contribution >= 4 is 34.8 Å². The summed E-state index contributed by atoms with van der Waals surface area (Å²) < 4.78 is 0. The van der Waals surface area contributed by atoms with Crippen LogP contribution in [-0.4, -0.2) is 34.7 Å². The molecule has 1 saturated heterocycles. The molecule has 2 aromatic carbocycles. The lowest BCUT2D eigenvalue weighted by atomic mass is 10.0. The minimum Gasteiger partial charge on any atom is -0.325 e. The van der Waals surface area contributed by atoms with E-state index >= 15 is 0 Å². The van der Waals surface area contributed by atoms with Crippen molar-refractivity contribution in [2.45, 2.75) is 32.6 Å². The van der Waals surface area contributed by atoms with Crippen LogP contribution in [0.2, 0.25) is 5.02 Å². The van der Waals surface area contributed by atoms with Crippen LogP contribution in [0.5, 0.6) is 0 Å². The molecular formula is C26H25ClN4O.